The third-order valence-corrected chi connectivity index (χ3v) is 5.81. The molecule has 1 fully saturated rings. The first-order valence-corrected chi connectivity index (χ1v) is 12.0. The van der Waals surface area contributed by atoms with Crippen LogP contribution in [-0.4, -0.2) is 63.5 Å². The number of nitrogens with zero attached hydrogens (tertiary/aromatic N) is 2. The SMILES string of the molecule is CCNC(=NCC(c1ccccc1)N1CCCC1)NC(C)CCS(C)(=O)=O. The molecule has 1 aromatic rings. The minimum absolute atomic E-state index is 0.0412. The highest BCUT2D eigenvalue weighted by Gasteiger charge is 2.23. The lowest BCUT2D eigenvalue weighted by Gasteiger charge is -2.27. The highest BCUT2D eigenvalue weighted by Crippen LogP contribution is 2.25. The van der Waals surface area contributed by atoms with Crippen LogP contribution in [0.2, 0.25) is 0 Å². The number of hydrogen-bond acceptors (Lipinski definition) is 4. The van der Waals surface area contributed by atoms with Gasteiger partial charge in [0.15, 0.2) is 5.96 Å². The van der Waals surface area contributed by atoms with Crippen molar-refractivity contribution in [1.82, 2.24) is 15.5 Å². The first-order chi connectivity index (χ1) is 12.9. The molecule has 1 saturated heterocycles. The Morgan fingerprint density at radius 1 is 1.22 bits per heavy atom. The fourth-order valence-electron chi connectivity index (χ4n) is 3.35. The van der Waals surface area contributed by atoms with Gasteiger partial charge in [-0.05, 0) is 51.8 Å². The van der Waals surface area contributed by atoms with Crippen LogP contribution in [0.25, 0.3) is 0 Å². The van der Waals surface area contributed by atoms with E-state index in [0.717, 1.165) is 25.6 Å². The number of sulfone groups is 1. The Hall–Kier alpha value is -1.60. The molecule has 0 bridgehead atoms. The Morgan fingerprint density at radius 3 is 2.48 bits per heavy atom. The average molecular weight is 395 g/mol. The summed E-state index contributed by atoms with van der Waals surface area (Å²) in [5.41, 5.74) is 1.30. The van der Waals surface area contributed by atoms with Crippen molar-refractivity contribution in [2.24, 2.45) is 4.99 Å². The summed E-state index contributed by atoms with van der Waals surface area (Å²) in [4.78, 5) is 7.33. The summed E-state index contributed by atoms with van der Waals surface area (Å²) in [5.74, 6) is 0.930. The van der Waals surface area contributed by atoms with Gasteiger partial charge in [-0.25, -0.2) is 8.42 Å². The second-order valence-electron chi connectivity index (χ2n) is 7.35. The van der Waals surface area contributed by atoms with E-state index in [1.807, 2.05) is 19.9 Å². The number of benzene rings is 1. The maximum Gasteiger partial charge on any atom is 0.191 e. The van der Waals surface area contributed by atoms with E-state index in [0.29, 0.717) is 13.0 Å². The van der Waals surface area contributed by atoms with Crippen LogP contribution in [0.1, 0.15) is 44.7 Å². The van der Waals surface area contributed by atoms with Gasteiger partial charge in [-0.1, -0.05) is 30.3 Å². The van der Waals surface area contributed by atoms with Gasteiger partial charge in [0.05, 0.1) is 18.3 Å². The smallest absolute Gasteiger partial charge is 0.191 e. The van der Waals surface area contributed by atoms with Crippen molar-refractivity contribution < 1.29 is 8.42 Å². The minimum atomic E-state index is -2.95. The van der Waals surface area contributed by atoms with Gasteiger partial charge in [-0.15, -0.1) is 0 Å². The fraction of sp³-hybridized carbons (Fsp3) is 0.650. The van der Waals surface area contributed by atoms with Crippen LogP contribution in [0.15, 0.2) is 35.3 Å². The van der Waals surface area contributed by atoms with Crippen molar-refractivity contribution in [3.8, 4) is 0 Å². The summed E-state index contributed by atoms with van der Waals surface area (Å²) in [5, 5.41) is 6.62. The van der Waals surface area contributed by atoms with Crippen LogP contribution in [-0.2, 0) is 9.84 Å². The van der Waals surface area contributed by atoms with Gasteiger partial charge in [-0.2, -0.15) is 0 Å². The van der Waals surface area contributed by atoms with E-state index >= 15 is 0 Å². The minimum Gasteiger partial charge on any atom is -0.357 e. The maximum absolute atomic E-state index is 11.4. The number of likely N-dealkylation sites (tertiary alicyclic amines) is 1. The van der Waals surface area contributed by atoms with Crippen LogP contribution in [0.4, 0.5) is 0 Å². The van der Waals surface area contributed by atoms with Crippen LogP contribution in [0.5, 0.6) is 0 Å². The Balaban J connectivity index is 2.05. The van der Waals surface area contributed by atoms with Crippen molar-refractivity contribution in [3.63, 3.8) is 0 Å². The van der Waals surface area contributed by atoms with Gasteiger partial charge in [0.25, 0.3) is 0 Å². The Labute approximate surface area is 164 Å². The normalized spacial score (nSPS) is 18.3. The number of guanidine groups is 1. The van der Waals surface area contributed by atoms with Crippen LogP contribution >= 0.6 is 0 Å². The second-order valence-corrected chi connectivity index (χ2v) is 9.61. The summed E-state index contributed by atoms with van der Waals surface area (Å²) >= 11 is 0. The summed E-state index contributed by atoms with van der Waals surface area (Å²) in [6.45, 7) is 7.71. The van der Waals surface area contributed by atoms with Crippen molar-refractivity contribution >= 4 is 15.8 Å². The molecule has 1 aliphatic heterocycles. The molecule has 2 N–H and O–H groups in total. The molecule has 0 saturated carbocycles. The monoisotopic (exact) mass is 394 g/mol. The molecule has 1 aromatic carbocycles. The molecule has 0 aromatic heterocycles. The molecule has 0 spiro atoms. The zero-order valence-corrected chi connectivity index (χ0v) is 17.6. The van der Waals surface area contributed by atoms with E-state index in [4.69, 9.17) is 4.99 Å². The Kier molecular flexibility index (Phi) is 8.57. The molecule has 1 aliphatic rings. The van der Waals surface area contributed by atoms with Crippen LogP contribution in [0, 0.1) is 0 Å². The number of hydrogen-bond donors (Lipinski definition) is 2. The molecule has 1 heterocycles. The lowest BCUT2D eigenvalue weighted by molar-refractivity contribution is 0.251. The van der Waals surface area contributed by atoms with Crippen LogP contribution in [0.3, 0.4) is 0 Å². The van der Waals surface area contributed by atoms with Crippen molar-refractivity contribution in [2.75, 3.05) is 38.2 Å². The highest BCUT2D eigenvalue weighted by molar-refractivity contribution is 7.90. The summed E-state index contributed by atoms with van der Waals surface area (Å²) in [6.07, 6.45) is 4.33. The largest absolute Gasteiger partial charge is 0.357 e. The fourth-order valence-corrected chi connectivity index (χ4v) is 4.14. The molecule has 2 unspecified atom stereocenters. The Morgan fingerprint density at radius 2 is 1.89 bits per heavy atom. The van der Waals surface area contributed by atoms with E-state index < -0.39 is 9.84 Å². The zero-order valence-electron chi connectivity index (χ0n) is 16.8. The highest BCUT2D eigenvalue weighted by atomic mass is 32.2. The molecule has 27 heavy (non-hydrogen) atoms. The molecule has 7 heteroatoms. The molecule has 0 amide bonds. The molecule has 0 radical (unpaired) electrons. The molecular formula is C20H34N4O2S. The first-order valence-electron chi connectivity index (χ1n) is 9.90. The van der Waals surface area contributed by atoms with Crippen molar-refractivity contribution in [3.05, 3.63) is 35.9 Å². The third-order valence-electron chi connectivity index (χ3n) is 4.84. The molecular weight excluding hydrogens is 360 g/mol. The molecule has 2 rings (SSSR count). The first kappa shape index (κ1) is 21.7. The van der Waals surface area contributed by atoms with Gasteiger partial charge < -0.3 is 10.6 Å². The van der Waals surface area contributed by atoms with Gasteiger partial charge in [0.1, 0.15) is 9.84 Å². The van der Waals surface area contributed by atoms with E-state index in [1.54, 1.807) is 0 Å². The lowest BCUT2D eigenvalue weighted by Crippen LogP contribution is -2.43. The quantitative estimate of drug-likeness (QED) is 0.496. The molecule has 2 atom stereocenters. The van der Waals surface area contributed by atoms with E-state index in [2.05, 4.69) is 39.8 Å². The average Bonchev–Trinajstić information content (AvgIpc) is 3.15. The summed E-state index contributed by atoms with van der Waals surface area (Å²) < 4.78 is 22.8. The van der Waals surface area contributed by atoms with Crippen molar-refractivity contribution in [1.29, 1.82) is 0 Å². The van der Waals surface area contributed by atoms with Gasteiger partial charge in [0.2, 0.25) is 0 Å². The third kappa shape index (κ3) is 7.89. The lowest BCUT2D eigenvalue weighted by atomic mass is 10.1. The standard InChI is InChI=1S/C20H34N4O2S/c1-4-21-20(23-17(2)12-15-27(3,25)26)22-16-19(24-13-8-9-14-24)18-10-6-5-7-11-18/h5-7,10-11,17,19H,4,8-9,12-16H2,1-3H3,(H2,21,22,23). The summed E-state index contributed by atoms with van der Waals surface area (Å²) in [6, 6.07) is 10.9. The molecule has 0 aliphatic carbocycles. The van der Waals surface area contributed by atoms with Crippen LogP contribution < -0.4 is 10.6 Å². The Bertz CT molecular complexity index is 685. The summed E-state index contributed by atoms with van der Waals surface area (Å²) in [7, 11) is -2.95. The molecule has 6 nitrogen and oxygen atoms in total. The van der Waals surface area contributed by atoms with Gasteiger partial charge >= 0.3 is 0 Å². The van der Waals surface area contributed by atoms with E-state index in [-0.39, 0.29) is 17.8 Å². The predicted octanol–water partition coefficient (Wildman–Crippen LogP) is 2.20. The number of rotatable bonds is 9. The topological polar surface area (TPSA) is 73.8 Å². The van der Waals surface area contributed by atoms with E-state index in [1.165, 1.54) is 24.7 Å². The van der Waals surface area contributed by atoms with E-state index in [9.17, 15) is 8.42 Å². The van der Waals surface area contributed by atoms with Crippen molar-refractivity contribution in [2.45, 2.75) is 45.2 Å². The number of nitrogens with one attached hydrogen (secondary N) is 2. The molecule has 152 valence electrons. The second kappa shape index (κ2) is 10.7. The predicted molar refractivity (Wildman–Crippen MR) is 113 cm³/mol. The zero-order chi connectivity index (χ0) is 19.7. The van der Waals surface area contributed by atoms with Gasteiger partial charge in [-0.3, -0.25) is 9.89 Å². The van der Waals surface area contributed by atoms with Gasteiger partial charge in [0, 0.05) is 18.8 Å². The maximum atomic E-state index is 11.4. The number of aliphatic imine (C=N–C) groups is 1.